The summed E-state index contributed by atoms with van der Waals surface area (Å²) in [6.07, 6.45) is 6.17. The second kappa shape index (κ2) is 10.3. The predicted molar refractivity (Wildman–Crippen MR) is 113 cm³/mol. The van der Waals surface area contributed by atoms with Crippen molar-refractivity contribution in [2.75, 3.05) is 24.6 Å². The number of primary sulfonamides is 1. The number of hydrogen-bond donors (Lipinski definition) is 2. The molecule has 1 amide bonds. The van der Waals surface area contributed by atoms with Gasteiger partial charge in [0.05, 0.1) is 4.90 Å². The third-order valence-electron chi connectivity index (χ3n) is 4.92. The van der Waals surface area contributed by atoms with Crippen LogP contribution >= 0.6 is 0 Å². The number of nitrogens with two attached hydrogens (primary N) is 1. The zero-order chi connectivity index (χ0) is 22.3. The van der Waals surface area contributed by atoms with Crippen molar-refractivity contribution in [3.8, 4) is 0 Å². The van der Waals surface area contributed by atoms with E-state index in [2.05, 4.69) is 15.3 Å². The normalized spacial score (nSPS) is 16.5. The number of ether oxygens (including phenoxy) is 1. The second-order valence-electron chi connectivity index (χ2n) is 7.15. The lowest BCUT2D eigenvalue weighted by molar-refractivity contribution is -0.150. The summed E-state index contributed by atoms with van der Waals surface area (Å²) in [6.45, 7) is 0.599. The molecule has 166 valence electrons. The largest absolute Gasteiger partial charge is 0.454 e. The van der Waals surface area contributed by atoms with Crippen LogP contribution in [-0.4, -0.2) is 56.0 Å². The fourth-order valence-electron chi connectivity index (χ4n) is 3.33. The summed E-state index contributed by atoms with van der Waals surface area (Å²) in [4.78, 5) is 34.8. The number of esters is 1. The Hall–Kier alpha value is -3.05. The summed E-state index contributed by atoms with van der Waals surface area (Å²) < 4.78 is 27.7. The number of rotatable bonds is 8. The summed E-state index contributed by atoms with van der Waals surface area (Å²) in [5, 5.41) is 7.74. The molecule has 0 radical (unpaired) electrons. The molecule has 1 aromatic carbocycles. The minimum absolute atomic E-state index is 0.0323. The van der Waals surface area contributed by atoms with E-state index in [1.807, 2.05) is 4.90 Å². The Morgan fingerprint density at radius 2 is 1.87 bits per heavy atom. The Morgan fingerprint density at radius 1 is 1.16 bits per heavy atom. The number of nitrogens with one attached hydrogen (secondary N) is 1. The molecule has 1 aliphatic heterocycles. The molecule has 0 bridgehead atoms. The van der Waals surface area contributed by atoms with Crippen LogP contribution in [0.5, 0.6) is 0 Å². The Kier molecular flexibility index (Phi) is 7.53. The van der Waals surface area contributed by atoms with Crippen LogP contribution in [0.1, 0.15) is 24.8 Å². The predicted octanol–water partition coefficient (Wildman–Crippen LogP) is 0.385. The van der Waals surface area contributed by atoms with E-state index in [1.54, 1.807) is 30.6 Å². The van der Waals surface area contributed by atoms with E-state index in [1.165, 1.54) is 12.1 Å². The van der Waals surface area contributed by atoms with E-state index in [0.717, 1.165) is 18.4 Å². The monoisotopic (exact) mass is 447 g/mol. The first-order valence-electron chi connectivity index (χ1n) is 9.93. The third-order valence-corrected chi connectivity index (χ3v) is 5.85. The molecule has 10 nitrogen and oxygen atoms in total. The van der Waals surface area contributed by atoms with Gasteiger partial charge in [-0.05, 0) is 49.4 Å². The fraction of sp³-hybridized carbons (Fsp3) is 0.400. The number of benzene rings is 1. The van der Waals surface area contributed by atoms with Crippen LogP contribution in [-0.2, 0) is 30.8 Å². The lowest BCUT2D eigenvalue weighted by Crippen LogP contribution is -2.47. The first-order chi connectivity index (χ1) is 14.8. The molecule has 2 heterocycles. The quantitative estimate of drug-likeness (QED) is 0.553. The highest BCUT2D eigenvalue weighted by Crippen LogP contribution is 2.22. The van der Waals surface area contributed by atoms with Crippen LogP contribution in [0.15, 0.2) is 47.6 Å². The number of carbonyl (C=O) groups is 2. The molecule has 31 heavy (non-hydrogen) atoms. The van der Waals surface area contributed by atoms with Crippen molar-refractivity contribution < 1.29 is 22.7 Å². The zero-order valence-electron chi connectivity index (χ0n) is 16.9. The molecule has 0 aliphatic carbocycles. The van der Waals surface area contributed by atoms with Gasteiger partial charge in [0.25, 0.3) is 5.91 Å². The lowest BCUT2D eigenvalue weighted by Gasteiger charge is -2.33. The summed E-state index contributed by atoms with van der Waals surface area (Å²) in [6, 6.07) is 7.30. The van der Waals surface area contributed by atoms with E-state index in [4.69, 9.17) is 9.88 Å². The average molecular weight is 448 g/mol. The Labute approximate surface area is 180 Å². The molecule has 3 N–H and O–H groups in total. The van der Waals surface area contributed by atoms with Crippen LogP contribution in [0, 0.1) is 0 Å². The highest BCUT2D eigenvalue weighted by Gasteiger charge is 2.31. The fourth-order valence-corrected chi connectivity index (χ4v) is 3.85. The van der Waals surface area contributed by atoms with Crippen LogP contribution in [0.25, 0.3) is 0 Å². The van der Waals surface area contributed by atoms with Crippen LogP contribution in [0.2, 0.25) is 0 Å². The van der Waals surface area contributed by atoms with Gasteiger partial charge in [-0.15, -0.1) is 0 Å². The maximum absolute atomic E-state index is 12.5. The number of nitrogens with zero attached hydrogens (tertiary/aromatic N) is 3. The molecule has 1 unspecified atom stereocenters. The SMILES string of the molecule is NS(=O)(=O)c1ccc(CCNC(=O)COC(=O)C2CCCCN2c2ncccn2)cc1. The molecular formula is C20H25N5O5S. The Morgan fingerprint density at radius 3 is 2.55 bits per heavy atom. The number of sulfonamides is 1. The van der Waals surface area contributed by atoms with Gasteiger partial charge in [-0.25, -0.2) is 28.3 Å². The van der Waals surface area contributed by atoms with Crippen LogP contribution in [0.3, 0.4) is 0 Å². The first-order valence-corrected chi connectivity index (χ1v) is 11.5. The zero-order valence-corrected chi connectivity index (χ0v) is 17.8. The Balaban J connectivity index is 1.44. The van der Waals surface area contributed by atoms with Gasteiger partial charge in [0.15, 0.2) is 6.61 Å². The van der Waals surface area contributed by atoms with Gasteiger partial charge in [0, 0.05) is 25.5 Å². The molecule has 0 spiro atoms. The highest BCUT2D eigenvalue weighted by atomic mass is 32.2. The van der Waals surface area contributed by atoms with Crippen LogP contribution in [0.4, 0.5) is 5.95 Å². The van der Waals surface area contributed by atoms with E-state index in [-0.39, 0.29) is 11.5 Å². The smallest absolute Gasteiger partial charge is 0.329 e. The molecule has 1 atom stereocenters. The number of aromatic nitrogens is 2. The van der Waals surface area contributed by atoms with Crippen molar-refractivity contribution in [3.63, 3.8) is 0 Å². The maximum Gasteiger partial charge on any atom is 0.329 e. The van der Waals surface area contributed by atoms with Gasteiger partial charge in [0.1, 0.15) is 6.04 Å². The van der Waals surface area contributed by atoms with Gasteiger partial charge in [-0.2, -0.15) is 0 Å². The van der Waals surface area contributed by atoms with Crippen molar-refractivity contribution in [1.82, 2.24) is 15.3 Å². The summed E-state index contributed by atoms with van der Waals surface area (Å²) in [5.74, 6) is -0.407. The molecule has 0 saturated carbocycles. The van der Waals surface area contributed by atoms with Gasteiger partial charge in [0.2, 0.25) is 16.0 Å². The van der Waals surface area contributed by atoms with Crippen LogP contribution < -0.4 is 15.4 Å². The van der Waals surface area contributed by atoms with E-state index in [0.29, 0.717) is 31.9 Å². The number of carbonyl (C=O) groups excluding carboxylic acids is 2. The van der Waals surface area contributed by atoms with Crippen molar-refractivity contribution in [1.29, 1.82) is 0 Å². The lowest BCUT2D eigenvalue weighted by atomic mass is 10.0. The second-order valence-corrected chi connectivity index (χ2v) is 8.71. The number of anilines is 1. The summed E-state index contributed by atoms with van der Waals surface area (Å²) >= 11 is 0. The molecule has 3 rings (SSSR count). The summed E-state index contributed by atoms with van der Waals surface area (Å²) in [5.41, 5.74) is 0.838. The average Bonchev–Trinajstić information content (AvgIpc) is 2.78. The minimum Gasteiger partial charge on any atom is -0.454 e. The third kappa shape index (κ3) is 6.46. The number of hydrogen-bond acceptors (Lipinski definition) is 8. The number of piperidine rings is 1. The topological polar surface area (TPSA) is 145 Å². The molecule has 1 aliphatic rings. The molecule has 1 saturated heterocycles. The summed E-state index contributed by atoms with van der Waals surface area (Å²) in [7, 11) is -3.73. The molecule has 1 aromatic heterocycles. The van der Waals surface area contributed by atoms with E-state index < -0.39 is 27.9 Å². The van der Waals surface area contributed by atoms with Gasteiger partial charge < -0.3 is 15.0 Å². The molecule has 2 aromatic rings. The Bertz CT molecular complexity index is 998. The molecule has 11 heteroatoms. The van der Waals surface area contributed by atoms with Crippen molar-refractivity contribution in [2.24, 2.45) is 5.14 Å². The van der Waals surface area contributed by atoms with Gasteiger partial charge in [-0.1, -0.05) is 12.1 Å². The van der Waals surface area contributed by atoms with Crippen molar-refractivity contribution in [3.05, 3.63) is 48.3 Å². The van der Waals surface area contributed by atoms with Gasteiger partial charge in [-0.3, -0.25) is 4.79 Å². The maximum atomic E-state index is 12.5. The van der Waals surface area contributed by atoms with Gasteiger partial charge >= 0.3 is 5.97 Å². The molecular weight excluding hydrogens is 422 g/mol. The van der Waals surface area contributed by atoms with E-state index in [9.17, 15) is 18.0 Å². The highest BCUT2D eigenvalue weighted by molar-refractivity contribution is 7.89. The molecule has 1 fully saturated rings. The van der Waals surface area contributed by atoms with Crippen molar-refractivity contribution >= 4 is 27.8 Å². The standard InChI is InChI=1S/C20H25N5O5S/c21-31(28,29)16-7-5-15(6-8-16)9-12-22-18(26)14-30-19(27)17-4-1-2-13-25(17)20-23-10-3-11-24-20/h3,5-8,10-11,17H,1-2,4,9,12-14H2,(H,22,26)(H2,21,28,29). The van der Waals surface area contributed by atoms with E-state index >= 15 is 0 Å². The minimum atomic E-state index is -3.73. The number of amides is 1. The van der Waals surface area contributed by atoms with Crippen molar-refractivity contribution in [2.45, 2.75) is 36.6 Å². The first kappa shape index (κ1) is 22.6.